The molecule has 0 aliphatic rings. The van der Waals surface area contributed by atoms with Gasteiger partial charge in [-0.05, 0) is 24.0 Å². The van der Waals surface area contributed by atoms with Crippen LogP contribution in [-0.4, -0.2) is 30.8 Å². The Balaban J connectivity index is 2.19. The van der Waals surface area contributed by atoms with Gasteiger partial charge in [0, 0.05) is 5.39 Å². The minimum absolute atomic E-state index is 0.0117. The molecular weight excluding hydrogens is 282 g/mol. The Morgan fingerprint density at radius 2 is 2.14 bits per heavy atom. The summed E-state index contributed by atoms with van der Waals surface area (Å²) in [5.74, 6) is 0.471. The van der Waals surface area contributed by atoms with Crippen molar-refractivity contribution in [1.82, 2.24) is 5.32 Å². The van der Waals surface area contributed by atoms with Crippen LogP contribution in [0.4, 0.5) is 0 Å². The number of methoxy groups -OCH3 is 1. The molecule has 1 atom stereocenters. The highest BCUT2D eigenvalue weighted by Crippen LogP contribution is 2.28. The number of nitrogens with one attached hydrogen (secondary N) is 1. The van der Waals surface area contributed by atoms with E-state index >= 15 is 0 Å². The summed E-state index contributed by atoms with van der Waals surface area (Å²) in [5.41, 5.74) is 0.559. The highest BCUT2D eigenvalue weighted by molar-refractivity contribution is 5.97. The second-order valence-electron chi connectivity index (χ2n) is 6.61. The summed E-state index contributed by atoms with van der Waals surface area (Å²) in [5, 5.41) is 13.1. The Morgan fingerprint density at radius 1 is 1.41 bits per heavy atom. The maximum atomic E-state index is 12.3. The first-order valence-electron chi connectivity index (χ1n) is 7.32. The number of para-hydroxylation sites is 1. The number of furan rings is 1. The molecule has 1 amide bonds. The van der Waals surface area contributed by atoms with Crippen molar-refractivity contribution in [3.8, 4) is 5.75 Å². The van der Waals surface area contributed by atoms with Gasteiger partial charge in [0.15, 0.2) is 17.1 Å². The molecule has 2 N–H and O–H groups in total. The molecule has 5 heteroatoms. The predicted molar refractivity (Wildman–Crippen MR) is 85.2 cm³/mol. The molecule has 2 aromatic rings. The number of aliphatic hydroxyl groups excluding tert-OH is 1. The quantitative estimate of drug-likeness (QED) is 0.891. The largest absolute Gasteiger partial charge is 0.493 e. The fourth-order valence-corrected chi connectivity index (χ4v) is 2.47. The molecule has 0 radical (unpaired) electrons. The minimum Gasteiger partial charge on any atom is -0.493 e. The second-order valence-corrected chi connectivity index (χ2v) is 6.61. The van der Waals surface area contributed by atoms with Gasteiger partial charge in [-0.25, -0.2) is 0 Å². The van der Waals surface area contributed by atoms with Crippen LogP contribution >= 0.6 is 0 Å². The molecule has 1 aromatic heterocycles. The maximum absolute atomic E-state index is 12.3. The third kappa shape index (κ3) is 3.80. The zero-order valence-electron chi connectivity index (χ0n) is 13.5. The first-order valence-corrected chi connectivity index (χ1v) is 7.32. The van der Waals surface area contributed by atoms with Crippen molar-refractivity contribution >= 4 is 16.9 Å². The molecule has 1 aromatic carbocycles. The van der Waals surface area contributed by atoms with Crippen LogP contribution in [0.5, 0.6) is 5.75 Å². The van der Waals surface area contributed by atoms with Gasteiger partial charge in [0.2, 0.25) is 0 Å². The number of hydrogen-bond acceptors (Lipinski definition) is 4. The Hall–Kier alpha value is -2.01. The van der Waals surface area contributed by atoms with E-state index in [1.54, 1.807) is 19.2 Å². The number of amides is 1. The van der Waals surface area contributed by atoms with Gasteiger partial charge in [-0.1, -0.05) is 32.9 Å². The van der Waals surface area contributed by atoms with Crippen molar-refractivity contribution in [2.24, 2.45) is 5.41 Å². The van der Waals surface area contributed by atoms with E-state index < -0.39 is 0 Å². The second kappa shape index (κ2) is 6.40. The summed E-state index contributed by atoms with van der Waals surface area (Å²) in [6.45, 7) is 6.09. The molecular formula is C17H23NO4. The van der Waals surface area contributed by atoms with Gasteiger partial charge in [-0.2, -0.15) is 0 Å². The fourth-order valence-electron chi connectivity index (χ4n) is 2.47. The SMILES string of the molecule is COc1cccc2cc(C(=O)NC(CO)CC(C)(C)C)oc12. The molecule has 1 heterocycles. The van der Waals surface area contributed by atoms with Crippen LogP contribution in [0.1, 0.15) is 37.7 Å². The Bertz CT molecular complexity index is 654. The maximum Gasteiger partial charge on any atom is 0.287 e. The third-order valence-electron chi connectivity index (χ3n) is 3.37. The molecule has 0 saturated heterocycles. The van der Waals surface area contributed by atoms with Crippen molar-refractivity contribution < 1.29 is 19.1 Å². The molecule has 0 aliphatic heterocycles. The van der Waals surface area contributed by atoms with E-state index in [4.69, 9.17) is 9.15 Å². The zero-order valence-corrected chi connectivity index (χ0v) is 13.5. The first kappa shape index (κ1) is 16.4. The van der Waals surface area contributed by atoms with Crippen LogP contribution in [-0.2, 0) is 0 Å². The highest BCUT2D eigenvalue weighted by Gasteiger charge is 2.22. The molecule has 0 saturated carbocycles. The summed E-state index contributed by atoms with van der Waals surface area (Å²) in [4.78, 5) is 12.3. The van der Waals surface area contributed by atoms with Gasteiger partial charge in [0.05, 0.1) is 19.8 Å². The minimum atomic E-state index is -0.332. The van der Waals surface area contributed by atoms with Crippen molar-refractivity contribution in [1.29, 1.82) is 0 Å². The van der Waals surface area contributed by atoms with Gasteiger partial charge in [0.1, 0.15) is 0 Å². The molecule has 0 spiro atoms. The van der Waals surface area contributed by atoms with E-state index in [0.29, 0.717) is 17.8 Å². The number of benzene rings is 1. The summed E-state index contributed by atoms with van der Waals surface area (Å²) in [6.07, 6.45) is 0.679. The smallest absolute Gasteiger partial charge is 0.287 e. The molecule has 2 rings (SSSR count). The van der Waals surface area contributed by atoms with Crippen LogP contribution in [0.25, 0.3) is 11.0 Å². The molecule has 0 fully saturated rings. The van der Waals surface area contributed by atoms with E-state index in [-0.39, 0.29) is 29.7 Å². The molecule has 0 aliphatic carbocycles. The van der Waals surface area contributed by atoms with Gasteiger partial charge in [0.25, 0.3) is 5.91 Å². The molecule has 5 nitrogen and oxygen atoms in total. The lowest BCUT2D eigenvalue weighted by molar-refractivity contribution is 0.0872. The monoisotopic (exact) mass is 305 g/mol. The average molecular weight is 305 g/mol. The molecule has 22 heavy (non-hydrogen) atoms. The van der Waals surface area contributed by atoms with Crippen LogP contribution in [0.2, 0.25) is 0 Å². The average Bonchev–Trinajstić information content (AvgIpc) is 2.88. The normalized spacial score (nSPS) is 13.1. The lowest BCUT2D eigenvalue weighted by atomic mass is 9.88. The Kier molecular flexibility index (Phi) is 4.76. The van der Waals surface area contributed by atoms with E-state index in [1.807, 2.05) is 12.1 Å². The third-order valence-corrected chi connectivity index (χ3v) is 3.37. The summed E-state index contributed by atoms with van der Waals surface area (Å²) in [7, 11) is 1.56. The molecule has 0 bridgehead atoms. The highest BCUT2D eigenvalue weighted by atomic mass is 16.5. The van der Waals surface area contributed by atoms with Gasteiger partial charge < -0.3 is 19.6 Å². The molecule has 120 valence electrons. The standard InChI is InChI=1S/C17H23NO4/c1-17(2,3)9-12(10-19)18-16(20)14-8-11-6-5-7-13(21-4)15(11)22-14/h5-8,12,19H,9-10H2,1-4H3,(H,18,20). The Labute approximate surface area is 130 Å². The Morgan fingerprint density at radius 3 is 2.73 bits per heavy atom. The van der Waals surface area contributed by atoms with E-state index in [9.17, 15) is 9.90 Å². The number of carbonyl (C=O) groups excluding carboxylic acids is 1. The fraction of sp³-hybridized carbons (Fsp3) is 0.471. The summed E-state index contributed by atoms with van der Waals surface area (Å²) < 4.78 is 10.8. The van der Waals surface area contributed by atoms with Gasteiger partial charge in [-0.15, -0.1) is 0 Å². The van der Waals surface area contributed by atoms with Crippen molar-refractivity contribution in [3.63, 3.8) is 0 Å². The van der Waals surface area contributed by atoms with Crippen LogP contribution in [0, 0.1) is 5.41 Å². The number of rotatable bonds is 5. The van der Waals surface area contributed by atoms with Gasteiger partial charge >= 0.3 is 0 Å². The first-order chi connectivity index (χ1) is 10.3. The topological polar surface area (TPSA) is 71.7 Å². The van der Waals surface area contributed by atoms with Crippen LogP contribution in [0.15, 0.2) is 28.7 Å². The van der Waals surface area contributed by atoms with E-state index in [0.717, 1.165) is 5.39 Å². The number of fused-ring (bicyclic) bond motifs is 1. The summed E-state index contributed by atoms with van der Waals surface area (Å²) in [6, 6.07) is 6.86. The lowest BCUT2D eigenvalue weighted by Gasteiger charge is -2.25. The van der Waals surface area contributed by atoms with E-state index in [2.05, 4.69) is 26.1 Å². The van der Waals surface area contributed by atoms with Crippen LogP contribution in [0.3, 0.4) is 0 Å². The van der Waals surface area contributed by atoms with Crippen LogP contribution < -0.4 is 10.1 Å². The zero-order chi connectivity index (χ0) is 16.3. The number of ether oxygens (including phenoxy) is 1. The number of carbonyl (C=O) groups is 1. The van der Waals surface area contributed by atoms with Crippen molar-refractivity contribution in [3.05, 3.63) is 30.0 Å². The van der Waals surface area contributed by atoms with E-state index in [1.165, 1.54) is 0 Å². The number of hydrogen-bond donors (Lipinski definition) is 2. The molecule has 1 unspecified atom stereocenters. The van der Waals surface area contributed by atoms with Crippen molar-refractivity contribution in [2.45, 2.75) is 33.2 Å². The number of aliphatic hydroxyl groups is 1. The lowest BCUT2D eigenvalue weighted by Crippen LogP contribution is -2.39. The summed E-state index contributed by atoms with van der Waals surface area (Å²) >= 11 is 0. The van der Waals surface area contributed by atoms with Crippen molar-refractivity contribution in [2.75, 3.05) is 13.7 Å². The predicted octanol–water partition coefficient (Wildman–Crippen LogP) is 2.97. The van der Waals surface area contributed by atoms with Gasteiger partial charge in [-0.3, -0.25) is 4.79 Å².